The predicted molar refractivity (Wildman–Crippen MR) is 119 cm³/mol. The number of rotatable bonds is 8. The summed E-state index contributed by atoms with van der Waals surface area (Å²) >= 11 is 0. The van der Waals surface area contributed by atoms with E-state index in [-0.39, 0.29) is 0 Å². The van der Waals surface area contributed by atoms with Gasteiger partial charge in [-0.25, -0.2) is 4.98 Å². The summed E-state index contributed by atoms with van der Waals surface area (Å²) in [4.78, 5) is 7.45. The van der Waals surface area contributed by atoms with Crippen LogP contribution in [0.1, 0.15) is 12.0 Å². The highest BCUT2D eigenvalue weighted by atomic mass is 15.2. The first-order valence-electron chi connectivity index (χ1n) is 10.3. The summed E-state index contributed by atoms with van der Waals surface area (Å²) in [6.45, 7) is 4.36. The van der Waals surface area contributed by atoms with E-state index in [0.717, 1.165) is 56.1 Å². The Bertz CT molecular complexity index is 914. The Morgan fingerprint density at radius 3 is 2.54 bits per heavy atom. The molecule has 1 aliphatic rings. The maximum absolute atomic E-state index is 4.96. The highest BCUT2D eigenvalue weighted by Crippen LogP contribution is 2.34. The fourth-order valence-electron chi connectivity index (χ4n) is 4.06. The quantitative estimate of drug-likeness (QED) is 0.590. The molecular formula is C24H30N4. The molecular weight excluding hydrogens is 344 g/mol. The molecule has 0 bridgehead atoms. The van der Waals surface area contributed by atoms with Gasteiger partial charge in [-0.1, -0.05) is 42.5 Å². The fraction of sp³-hybridized carbons (Fsp3) is 0.375. The van der Waals surface area contributed by atoms with E-state index in [1.165, 1.54) is 22.2 Å². The van der Waals surface area contributed by atoms with Gasteiger partial charge in [0.1, 0.15) is 0 Å². The zero-order chi connectivity index (χ0) is 19.3. The van der Waals surface area contributed by atoms with Crippen LogP contribution in [0.15, 0.2) is 54.6 Å². The van der Waals surface area contributed by atoms with Crippen molar-refractivity contribution in [3.05, 3.63) is 60.2 Å². The fourth-order valence-corrected chi connectivity index (χ4v) is 4.06. The standard InChI is InChI=1S/C24H30N4/c1-25-13-5-6-18-9-11-20(12-10-18)23-14-24(28-16-19(17-28)15-26-2)21-7-3-4-8-22(21)27-23/h3-4,7-12,14,19,25-26H,5-6,13,15-17H2,1-2H3. The van der Waals surface area contributed by atoms with Crippen LogP contribution in [-0.4, -0.2) is 45.3 Å². The second-order valence-corrected chi connectivity index (χ2v) is 7.78. The molecule has 1 aliphatic heterocycles. The van der Waals surface area contributed by atoms with Crippen molar-refractivity contribution in [2.24, 2.45) is 5.92 Å². The largest absolute Gasteiger partial charge is 0.370 e. The van der Waals surface area contributed by atoms with Crippen LogP contribution >= 0.6 is 0 Å². The topological polar surface area (TPSA) is 40.2 Å². The SMILES string of the molecule is CNCCCc1ccc(-c2cc(N3CC(CNC)C3)c3ccccc3n2)cc1. The Labute approximate surface area is 168 Å². The number of benzene rings is 2. The number of para-hydroxylation sites is 1. The van der Waals surface area contributed by atoms with Crippen molar-refractivity contribution in [2.75, 3.05) is 45.2 Å². The van der Waals surface area contributed by atoms with E-state index in [0.29, 0.717) is 0 Å². The molecule has 1 aromatic heterocycles. The molecule has 4 nitrogen and oxygen atoms in total. The van der Waals surface area contributed by atoms with E-state index in [1.54, 1.807) is 0 Å². The zero-order valence-electron chi connectivity index (χ0n) is 16.9. The lowest BCUT2D eigenvalue weighted by molar-refractivity contribution is 0.398. The van der Waals surface area contributed by atoms with Crippen molar-refractivity contribution in [2.45, 2.75) is 12.8 Å². The molecule has 146 valence electrons. The summed E-state index contributed by atoms with van der Waals surface area (Å²) < 4.78 is 0. The van der Waals surface area contributed by atoms with Gasteiger partial charge in [0.15, 0.2) is 0 Å². The van der Waals surface area contributed by atoms with Crippen LogP contribution in [0, 0.1) is 5.92 Å². The van der Waals surface area contributed by atoms with Gasteiger partial charge in [0.2, 0.25) is 0 Å². The first-order valence-corrected chi connectivity index (χ1v) is 10.3. The van der Waals surface area contributed by atoms with Gasteiger partial charge >= 0.3 is 0 Å². The first kappa shape index (κ1) is 18.9. The molecule has 1 fully saturated rings. The van der Waals surface area contributed by atoms with Crippen molar-refractivity contribution in [1.29, 1.82) is 0 Å². The number of anilines is 1. The molecule has 3 aromatic rings. The van der Waals surface area contributed by atoms with E-state index >= 15 is 0 Å². The average Bonchev–Trinajstić information content (AvgIpc) is 2.70. The van der Waals surface area contributed by atoms with E-state index in [2.05, 4.69) is 70.1 Å². The van der Waals surface area contributed by atoms with Gasteiger partial charge in [-0.15, -0.1) is 0 Å². The molecule has 4 heteroatoms. The summed E-state index contributed by atoms with van der Waals surface area (Å²) in [5.41, 5.74) is 6.03. The number of nitrogens with one attached hydrogen (secondary N) is 2. The molecule has 1 saturated heterocycles. The highest BCUT2D eigenvalue weighted by Gasteiger charge is 2.27. The Morgan fingerprint density at radius 1 is 1.00 bits per heavy atom. The van der Waals surface area contributed by atoms with Gasteiger partial charge in [-0.3, -0.25) is 0 Å². The van der Waals surface area contributed by atoms with Crippen molar-refractivity contribution in [3.8, 4) is 11.3 Å². The molecule has 0 atom stereocenters. The first-order chi connectivity index (χ1) is 13.8. The maximum atomic E-state index is 4.96. The second-order valence-electron chi connectivity index (χ2n) is 7.78. The van der Waals surface area contributed by atoms with Crippen LogP contribution in [0.3, 0.4) is 0 Å². The molecule has 2 aromatic carbocycles. The lowest BCUT2D eigenvalue weighted by Crippen LogP contribution is -2.50. The molecule has 0 saturated carbocycles. The van der Waals surface area contributed by atoms with Crippen LogP contribution in [0.4, 0.5) is 5.69 Å². The number of hydrogen-bond donors (Lipinski definition) is 2. The Morgan fingerprint density at radius 2 is 1.79 bits per heavy atom. The lowest BCUT2D eigenvalue weighted by atomic mass is 9.97. The number of fused-ring (bicyclic) bond motifs is 1. The van der Waals surface area contributed by atoms with Gasteiger partial charge < -0.3 is 15.5 Å². The summed E-state index contributed by atoms with van der Waals surface area (Å²) in [7, 11) is 4.04. The van der Waals surface area contributed by atoms with Crippen molar-refractivity contribution in [1.82, 2.24) is 15.6 Å². The van der Waals surface area contributed by atoms with Crippen molar-refractivity contribution >= 4 is 16.6 Å². The van der Waals surface area contributed by atoms with Gasteiger partial charge in [0.25, 0.3) is 0 Å². The number of aryl methyl sites for hydroxylation is 1. The number of nitrogens with zero attached hydrogens (tertiary/aromatic N) is 2. The van der Waals surface area contributed by atoms with E-state index in [9.17, 15) is 0 Å². The summed E-state index contributed by atoms with van der Waals surface area (Å²) in [6, 6.07) is 19.7. The van der Waals surface area contributed by atoms with Crippen molar-refractivity contribution < 1.29 is 0 Å². The Kier molecular flexibility index (Phi) is 5.89. The summed E-state index contributed by atoms with van der Waals surface area (Å²) in [6.07, 6.45) is 2.27. The lowest BCUT2D eigenvalue weighted by Gasteiger charge is -2.41. The third-order valence-electron chi connectivity index (χ3n) is 5.63. The van der Waals surface area contributed by atoms with Crippen LogP contribution in [0.2, 0.25) is 0 Å². The normalized spacial score (nSPS) is 14.4. The van der Waals surface area contributed by atoms with Crippen LogP contribution in [0.25, 0.3) is 22.2 Å². The van der Waals surface area contributed by atoms with Crippen molar-refractivity contribution in [3.63, 3.8) is 0 Å². The minimum Gasteiger partial charge on any atom is -0.370 e. The third-order valence-corrected chi connectivity index (χ3v) is 5.63. The number of aromatic nitrogens is 1. The van der Waals surface area contributed by atoms with E-state index < -0.39 is 0 Å². The van der Waals surface area contributed by atoms with Gasteiger partial charge in [0, 0.05) is 42.2 Å². The summed E-state index contributed by atoms with van der Waals surface area (Å²) in [5, 5.41) is 7.76. The Hall–Kier alpha value is -2.43. The number of pyridine rings is 1. The highest BCUT2D eigenvalue weighted by molar-refractivity contribution is 5.94. The predicted octanol–water partition coefficient (Wildman–Crippen LogP) is 3.71. The van der Waals surface area contributed by atoms with E-state index in [1.807, 2.05) is 14.1 Å². The second kappa shape index (κ2) is 8.72. The molecule has 28 heavy (non-hydrogen) atoms. The van der Waals surface area contributed by atoms with Gasteiger partial charge in [-0.2, -0.15) is 0 Å². The van der Waals surface area contributed by atoms with Gasteiger partial charge in [-0.05, 0) is 51.2 Å². The van der Waals surface area contributed by atoms with E-state index in [4.69, 9.17) is 4.98 Å². The average molecular weight is 375 g/mol. The van der Waals surface area contributed by atoms with Crippen LogP contribution < -0.4 is 15.5 Å². The molecule has 2 N–H and O–H groups in total. The third kappa shape index (κ3) is 4.03. The summed E-state index contributed by atoms with van der Waals surface area (Å²) in [5.74, 6) is 0.734. The van der Waals surface area contributed by atoms with Gasteiger partial charge in [0.05, 0.1) is 11.2 Å². The monoisotopic (exact) mass is 374 g/mol. The minimum atomic E-state index is 0.734. The minimum absolute atomic E-state index is 0.734. The van der Waals surface area contributed by atoms with Crippen LogP contribution in [0.5, 0.6) is 0 Å². The maximum Gasteiger partial charge on any atom is 0.0730 e. The molecule has 0 amide bonds. The van der Waals surface area contributed by atoms with Crippen LogP contribution in [-0.2, 0) is 6.42 Å². The smallest absolute Gasteiger partial charge is 0.0730 e. The molecule has 0 aliphatic carbocycles. The Balaban J connectivity index is 1.61. The molecule has 0 radical (unpaired) electrons. The molecule has 0 spiro atoms. The molecule has 4 rings (SSSR count). The number of hydrogen-bond acceptors (Lipinski definition) is 4. The molecule has 0 unspecified atom stereocenters. The molecule has 2 heterocycles. The zero-order valence-corrected chi connectivity index (χ0v) is 16.9.